The van der Waals surface area contributed by atoms with E-state index in [-0.39, 0.29) is 23.0 Å². The number of ether oxygens (including phenoxy) is 1. The predicted octanol–water partition coefficient (Wildman–Crippen LogP) is 7.60. The van der Waals surface area contributed by atoms with Crippen molar-refractivity contribution in [3.8, 4) is 5.75 Å². The molecule has 4 rings (SSSR count). The molecule has 3 N–H and O–H groups in total. The van der Waals surface area contributed by atoms with E-state index < -0.39 is 0 Å². The monoisotopic (exact) mass is 607 g/mol. The van der Waals surface area contributed by atoms with Gasteiger partial charge in [0.1, 0.15) is 12.4 Å². The summed E-state index contributed by atoms with van der Waals surface area (Å²) in [5, 5.41) is 12.0. The molecule has 224 valence electrons. The number of rotatable bonds is 12. The van der Waals surface area contributed by atoms with Crippen molar-refractivity contribution in [2.45, 2.75) is 83.1 Å². The molecule has 5 nitrogen and oxygen atoms in total. The molecular formula is C35H43Cl2N3O2. The van der Waals surface area contributed by atoms with Crippen molar-refractivity contribution in [3.05, 3.63) is 106 Å². The quantitative estimate of drug-likeness (QED) is 0.198. The zero-order valence-corrected chi connectivity index (χ0v) is 26.6. The van der Waals surface area contributed by atoms with Crippen LogP contribution in [0.2, 0.25) is 10.0 Å². The van der Waals surface area contributed by atoms with Crippen LogP contribution in [0.4, 0.5) is 0 Å². The minimum absolute atomic E-state index is 0.0107. The second-order valence-corrected chi connectivity index (χ2v) is 13.3. The molecule has 7 heteroatoms. The Morgan fingerprint density at radius 2 is 1.60 bits per heavy atom. The normalized spacial score (nSPS) is 17.2. The van der Waals surface area contributed by atoms with Gasteiger partial charge in [0.2, 0.25) is 5.91 Å². The van der Waals surface area contributed by atoms with Crippen LogP contribution in [0.1, 0.15) is 63.6 Å². The molecule has 0 aromatic heterocycles. The van der Waals surface area contributed by atoms with Crippen LogP contribution in [0.3, 0.4) is 0 Å². The van der Waals surface area contributed by atoms with Crippen LogP contribution in [0.25, 0.3) is 6.08 Å². The number of halogens is 2. The number of benzene rings is 3. The van der Waals surface area contributed by atoms with E-state index in [1.807, 2.05) is 60.7 Å². The first-order valence-electron chi connectivity index (χ1n) is 14.7. The minimum atomic E-state index is -0.0579. The van der Waals surface area contributed by atoms with E-state index in [2.05, 4.69) is 55.8 Å². The van der Waals surface area contributed by atoms with Crippen LogP contribution in [-0.4, -0.2) is 35.6 Å². The number of hydrogen-bond acceptors (Lipinski definition) is 4. The van der Waals surface area contributed by atoms with Crippen LogP contribution in [-0.2, 0) is 17.8 Å². The summed E-state index contributed by atoms with van der Waals surface area (Å²) in [5.41, 5.74) is 3.06. The van der Waals surface area contributed by atoms with Crippen molar-refractivity contribution >= 4 is 35.2 Å². The Labute approximate surface area is 261 Å². The Hall–Kier alpha value is -2.83. The summed E-state index contributed by atoms with van der Waals surface area (Å²) in [4.78, 5) is 13.0. The van der Waals surface area contributed by atoms with Crippen LogP contribution in [0.15, 0.2) is 78.9 Å². The molecule has 42 heavy (non-hydrogen) atoms. The summed E-state index contributed by atoms with van der Waals surface area (Å²) in [6, 6.07) is 23.8. The Morgan fingerprint density at radius 3 is 2.24 bits per heavy atom. The second kappa shape index (κ2) is 14.6. The van der Waals surface area contributed by atoms with Crippen molar-refractivity contribution in [2.75, 3.05) is 6.54 Å². The molecule has 0 bridgehead atoms. The van der Waals surface area contributed by atoms with Gasteiger partial charge in [-0.2, -0.15) is 0 Å². The highest BCUT2D eigenvalue weighted by molar-refractivity contribution is 6.35. The Morgan fingerprint density at radius 1 is 0.952 bits per heavy atom. The molecule has 3 aromatic carbocycles. The van der Waals surface area contributed by atoms with Crippen molar-refractivity contribution in [1.29, 1.82) is 0 Å². The van der Waals surface area contributed by atoms with Gasteiger partial charge in [0, 0.05) is 51.7 Å². The molecule has 1 atom stereocenters. The van der Waals surface area contributed by atoms with Crippen LogP contribution in [0, 0.1) is 0 Å². The van der Waals surface area contributed by atoms with Crippen molar-refractivity contribution in [1.82, 2.24) is 16.0 Å². The van der Waals surface area contributed by atoms with Crippen LogP contribution >= 0.6 is 23.2 Å². The van der Waals surface area contributed by atoms with Crippen molar-refractivity contribution < 1.29 is 9.53 Å². The fraction of sp³-hybridized carbons (Fsp3) is 0.400. The molecule has 0 aliphatic carbocycles. The van der Waals surface area contributed by atoms with E-state index in [0.29, 0.717) is 42.1 Å². The number of hydrogen-bond donors (Lipinski definition) is 3. The second-order valence-electron chi connectivity index (χ2n) is 12.5. The van der Waals surface area contributed by atoms with E-state index in [4.69, 9.17) is 27.9 Å². The fourth-order valence-corrected chi connectivity index (χ4v) is 6.44. The fourth-order valence-electron chi connectivity index (χ4n) is 5.93. The first-order valence-corrected chi connectivity index (χ1v) is 15.4. The lowest BCUT2D eigenvalue weighted by Crippen LogP contribution is -2.62. The summed E-state index contributed by atoms with van der Waals surface area (Å²) in [6.45, 7) is 10.00. The molecule has 1 fully saturated rings. The lowest BCUT2D eigenvalue weighted by atomic mass is 9.79. The Kier molecular flexibility index (Phi) is 11.1. The standard InChI is InChI=1S/C35H43Cl2N3O2/c1-34(2)21-28(22-35(3,4)40-34)38-23-27(39-33(41)15-8-12-25-10-6-5-7-11-25)20-26-16-18-29(19-17-26)42-24-30-31(36)13-9-14-32(30)37/h5-14,16-19,27-28,38,40H,15,20-24H2,1-4H3,(H,39,41)/b12-8+/t27-/m0/s1. The largest absolute Gasteiger partial charge is 0.489 e. The average Bonchev–Trinajstić information content (AvgIpc) is 2.91. The third-order valence-corrected chi connectivity index (χ3v) is 8.18. The summed E-state index contributed by atoms with van der Waals surface area (Å²) in [5.74, 6) is 0.746. The number of carbonyl (C=O) groups is 1. The first kappa shape index (κ1) is 32.1. The maximum Gasteiger partial charge on any atom is 0.224 e. The van der Waals surface area contributed by atoms with Gasteiger partial charge in [0.15, 0.2) is 0 Å². The highest BCUT2D eigenvalue weighted by Gasteiger charge is 2.37. The summed E-state index contributed by atoms with van der Waals surface area (Å²) in [7, 11) is 0. The molecule has 0 saturated carbocycles. The van der Waals surface area contributed by atoms with E-state index in [1.54, 1.807) is 12.1 Å². The zero-order valence-electron chi connectivity index (χ0n) is 25.1. The minimum Gasteiger partial charge on any atom is -0.489 e. The van der Waals surface area contributed by atoms with Gasteiger partial charge in [0.05, 0.1) is 0 Å². The van der Waals surface area contributed by atoms with Gasteiger partial charge in [-0.05, 0) is 82.3 Å². The Balaban J connectivity index is 1.38. The molecule has 3 aromatic rings. The predicted molar refractivity (Wildman–Crippen MR) is 175 cm³/mol. The summed E-state index contributed by atoms with van der Waals surface area (Å²) >= 11 is 12.6. The van der Waals surface area contributed by atoms with E-state index in [0.717, 1.165) is 35.3 Å². The molecule has 1 aliphatic heterocycles. The molecule has 1 heterocycles. The lowest BCUT2D eigenvalue weighted by Gasteiger charge is -2.47. The highest BCUT2D eigenvalue weighted by atomic mass is 35.5. The van der Waals surface area contributed by atoms with Crippen molar-refractivity contribution in [3.63, 3.8) is 0 Å². The van der Waals surface area contributed by atoms with Gasteiger partial charge in [-0.1, -0.05) is 83.9 Å². The van der Waals surface area contributed by atoms with Crippen LogP contribution < -0.4 is 20.7 Å². The van der Waals surface area contributed by atoms with E-state index >= 15 is 0 Å². The number of carbonyl (C=O) groups excluding carboxylic acids is 1. The van der Waals surface area contributed by atoms with Gasteiger partial charge in [-0.3, -0.25) is 4.79 Å². The average molecular weight is 609 g/mol. The third-order valence-electron chi connectivity index (χ3n) is 7.47. The van der Waals surface area contributed by atoms with Gasteiger partial charge in [-0.15, -0.1) is 0 Å². The van der Waals surface area contributed by atoms with Gasteiger partial charge < -0.3 is 20.7 Å². The van der Waals surface area contributed by atoms with Crippen molar-refractivity contribution in [2.24, 2.45) is 0 Å². The topological polar surface area (TPSA) is 62.4 Å². The Bertz CT molecular complexity index is 1300. The van der Waals surface area contributed by atoms with Crippen LogP contribution in [0.5, 0.6) is 5.75 Å². The smallest absolute Gasteiger partial charge is 0.224 e. The van der Waals surface area contributed by atoms with E-state index in [1.165, 1.54) is 0 Å². The maximum atomic E-state index is 13.0. The van der Waals surface area contributed by atoms with Gasteiger partial charge >= 0.3 is 0 Å². The molecule has 1 aliphatic rings. The van der Waals surface area contributed by atoms with E-state index in [9.17, 15) is 4.79 Å². The zero-order chi connectivity index (χ0) is 30.2. The summed E-state index contributed by atoms with van der Waals surface area (Å²) in [6.07, 6.45) is 6.99. The summed E-state index contributed by atoms with van der Waals surface area (Å²) < 4.78 is 5.96. The first-order chi connectivity index (χ1) is 20.0. The molecule has 0 spiro atoms. The SMILES string of the molecule is CC1(C)CC(NC[C@H](Cc2ccc(OCc3c(Cl)cccc3Cl)cc2)NC(=O)C/C=C/c2ccccc2)CC(C)(C)N1. The number of amides is 1. The molecule has 0 radical (unpaired) electrons. The highest BCUT2D eigenvalue weighted by Crippen LogP contribution is 2.29. The molecule has 1 saturated heterocycles. The van der Waals surface area contributed by atoms with Gasteiger partial charge in [-0.25, -0.2) is 0 Å². The lowest BCUT2D eigenvalue weighted by molar-refractivity contribution is -0.120. The molecule has 0 unspecified atom stereocenters. The molecule has 1 amide bonds. The number of piperidine rings is 1. The maximum absolute atomic E-state index is 13.0. The number of nitrogens with one attached hydrogen (secondary N) is 3. The van der Waals surface area contributed by atoms with Gasteiger partial charge in [0.25, 0.3) is 0 Å². The third kappa shape index (κ3) is 10.2. The molecular weight excluding hydrogens is 565 g/mol.